The summed E-state index contributed by atoms with van der Waals surface area (Å²) in [6.07, 6.45) is 0. The molecular formula is C21H28ClIN4O3. The molecule has 0 saturated heterocycles. The summed E-state index contributed by atoms with van der Waals surface area (Å²) in [5.74, 6) is 1.78. The molecule has 1 amide bonds. The average molecular weight is 547 g/mol. The van der Waals surface area contributed by atoms with Gasteiger partial charge in [-0.25, -0.2) is 0 Å². The predicted molar refractivity (Wildman–Crippen MR) is 133 cm³/mol. The molecule has 3 N–H and O–H groups in total. The normalized spacial score (nSPS) is 10.6. The minimum absolute atomic E-state index is 0. The number of aliphatic imine (C=N–C) groups is 1. The van der Waals surface area contributed by atoms with Crippen molar-refractivity contribution < 1.29 is 14.3 Å². The lowest BCUT2D eigenvalue weighted by molar-refractivity contribution is 0.0955. The zero-order valence-electron chi connectivity index (χ0n) is 17.3. The highest BCUT2D eigenvalue weighted by Crippen LogP contribution is 2.30. The predicted octanol–water partition coefficient (Wildman–Crippen LogP) is 4.17. The molecule has 7 nitrogen and oxygen atoms in total. The van der Waals surface area contributed by atoms with E-state index in [4.69, 9.17) is 21.1 Å². The molecule has 9 heteroatoms. The van der Waals surface area contributed by atoms with Crippen LogP contribution in [-0.2, 0) is 0 Å². The molecule has 2 rings (SSSR count). The van der Waals surface area contributed by atoms with Gasteiger partial charge < -0.3 is 25.4 Å². The highest BCUT2D eigenvalue weighted by atomic mass is 127. The van der Waals surface area contributed by atoms with E-state index in [1.54, 1.807) is 31.4 Å². The van der Waals surface area contributed by atoms with Gasteiger partial charge in [-0.3, -0.25) is 9.79 Å². The highest BCUT2D eigenvalue weighted by Gasteiger charge is 2.07. The zero-order valence-corrected chi connectivity index (χ0v) is 20.4. The molecule has 0 unspecified atom stereocenters. The van der Waals surface area contributed by atoms with E-state index in [9.17, 15) is 4.79 Å². The van der Waals surface area contributed by atoms with Gasteiger partial charge in [0.25, 0.3) is 5.91 Å². The van der Waals surface area contributed by atoms with Gasteiger partial charge in [0.1, 0.15) is 0 Å². The molecule has 2 aromatic rings. The number of hydrogen-bond donors (Lipinski definition) is 3. The van der Waals surface area contributed by atoms with Crippen LogP contribution in [0.25, 0.3) is 0 Å². The number of carbonyl (C=O) groups excluding carboxylic acids is 1. The molecule has 0 aromatic heterocycles. The Hall–Kier alpha value is -2.20. The molecule has 0 bridgehead atoms. The number of hydrogen-bond acceptors (Lipinski definition) is 4. The number of nitrogens with one attached hydrogen (secondary N) is 3. The number of ether oxygens (including phenoxy) is 2. The van der Waals surface area contributed by atoms with E-state index >= 15 is 0 Å². The van der Waals surface area contributed by atoms with Crippen molar-refractivity contribution in [1.29, 1.82) is 0 Å². The van der Waals surface area contributed by atoms with Crippen molar-refractivity contribution in [2.75, 3.05) is 38.7 Å². The number of benzene rings is 2. The molecule has 0 heterocycles. The Morgan fingerprint density at radius 1 is 1.07 bits per heavy atom. The third-order valence-electron chi connectivity index (χ3n) is 3.84. The maximum Gasteiger partial charge on any atom is 0.251 e. The maximum atomic E-state index is 12.1. The molecule has 0 saturated carbocycles. The Morgan fingerprint density at radius 3 is 2.43 bits per heavy atom. The van der Waals surface area contributed by atoms with Crippen LogP contribution in [0.2, 0.25) is 5.02 Å². The Bertz CT molecular complexity index is 832. The fraction of sp³-hybridized carbons (Fsp3) is 0.333. The molecule has 0 spiro atoms. The van der Waals surface area contributed by atoms with Gasteiger partial charge in [0.05, 0.1) is 20.3 Å². The van der Waals surface area contributed by atoms with Crippen LogP contribution < -0.4 is 25.4 Å². The maximum absolute atomic E-state index is 12.1. The van der Waals surface area contributed by atoms with E-state index < -0.39 is 0 Å². The molecule has 2 aromatic carbocycles. The SMILES string of the molecule is CCNC(=NCCNC(=O)c1ccc(Cl)cc1)Nc1ccc(OC)c(OCC)c1.I. The second-order valence-corrected chi connectivity index (χ2v) is 6.38. The van der Waals surface area contributed by atoms with Crippen LogP contribution in [0.3, 0.4) is 0 Å². The minimum atomic E-state index is -0.161. The lowest BCUT2D eigenvalue weighted by Crippen LogP contribution is -2.32. The number of guanidine groups is 1. The van der Waals surface area contributed by atoms with Gasteiger partial charge in [-0.15, -0.1) is 24.0 Å². The first-order valence-electron chi connectivity index (χ1n) is 9.47. The lowest BCUT2D eigenvalue weighted by atomic mass is 10.2. The van der Waals surface area contributed by atoms with Crippen LogP contribution in [0.15, 0.2) is 47.5 Å². The van der Waals surface area contributed by atoms with Gasteiger partial charge in [-0.05, 0) is 50.2 Å². The highest BCUT2D eigenvalue weighted by molar-refractivity contribution is 14.0. The van der Waals surface area contributed by atoms with Crippen molar-refractivity contribution in [2.24, 2.45) is 4.99 Å². The largest absolute Gasteiger partial charge is 0.493 e. The number of nitrogens with zero attached hydrogens (tertiary/aromatic N) is 1. The Kier molecular flexibility index (Phi) is 12.0. The van der Waals surface area contributed by atoms with Crippen LogP contribution in [0.4, 0.5) is 5.69 Å². The summed E-state index contributed by atoms with van der Waals surface area (Å²) in [5, 5.41) is 9.84. The molecule has 164 valence electrons. The van der Waals surface area contributed by atoms with Crippen molar-refractivity contribution in [3.63, 3.8) is 0 Å². The van der Waals surface area contributed by atoms with Crippen molar-refractivity contribution in [2.45, 2.75) is 13.8 Å². The second kappa shape index (κ2) is 13.9. The molecule has 0 aliphatic rings. The van der Waals surface area contributed by atoms with E-state index in [1.807, 2.05) is 32.0 Å². The van der Waals surface area contributed by atoms with Crippen molar-refractivity contribution in [3.05, 3.63) is 53.1 Å². The molecule has 0 radical (unpaired) electrons. The Labute approximate surface area is 199 Å². The van der Waals surface area contributed by atoms with E-state index in [0.717, 1.165) is 5.69 Å². The van der Waals surface area contributed by atoms with Crippen molar-refractivity contribution in [3.8, 4) is 11.5 Å². The van der Waals surface area contributed by atoms with E-state index in [0.29, 0.717) is 54.3 Å². The van der Waals surface area contributed by atoms with Crippen LogP contribution in [0, 0.1) is 0 Å². The second-order valence-electron chi connectivity index (χ2n) is 5.95. The number of halogens is 2. The summed E-state index contributed by atoms with van der Waals surface area (Å²) in [7, 11) is 1.61. The van der Waals surface area contributed by atoms with Gasteiger partial charge >= 0.3 is 0 Å². The van der Waals surface area contributed by atoms with Crippen LogP contribution in [0.1, 0.15) is 24.2 Å². The lowest BCUT2D eigenvalue weighted by Gasteiger charge is -2.14. The molecule has 0 aliphatic heterocycles. The van der Waals surface area contributed by atoms with Crippen LogP contribution >= 0.6 is 35.6 Å². The molecule has 30 heavy (non-hydrogen) atoms. The molecule has 0 atom stereocenters. The van der Waals surface area contributed by atoms with Crippen molar-refractivity contribution >= 4 is 53.1 Å². The van der Waals surface area contributed by atoms with Crippen LogP contribution in [-0.4, -0.2) is 45.2 Å². The van der Waals surface area contributed by atoms with Crippen molar-refractivity contribution in [1.82, 2.24) is 10.6 Å². The zero-order chi connectivity index (χ0) is 21.1. The van der Waals surface area contributed by atoms with Gasteiger partial charge in [-0.2, -0.15) is 0 Å². The van der Waals surface area contributed by atoms with Gasteiger partial charge in [-0.1, -0.05) is 11.6 Å². The average Bonchev–Trinajstić information content (AvgIpc) is 2.72. The summed E-state index contributed by atoms with van der Waals surface area (Å²) >= 11 is 5.84. The first kappa shape index (κ1) is 25.8. The topological polar surface area (TPSA) is 84.0 Å². The van der Waals surface area contributed by atoms with Gasteiger partial charge in [0.2, 0.25) is 0 Å². The van der Waals surface area contributed by atoms with E-state index in [1.165, 1.54) is 0 Å². The third kappa shape index (κ3) is 8.27. The number of methoxy groups -OCH3 is 1. The Morgan fingerprint density at radius 2 is 1.80 bits per heavy atom. The smallest absolute Gasteiger partial charge is 0.251 e. The number of anilines is 1. The molecule has 0 aliphatic carbocycles. The number of rotatable bonds is 9. The molecule has 0 fully saturated rings. The monoisotopic (exact) mass is 546 g/mol. The summed E-state index contributed by atoms with van der Waals surface area (Å²) in [6.45, 7) is 5.98. The number of carbonyl (C=O) groups is 1. The summed E-state index contributed by atoms with van der Waals surface area (Å²) in [6, 6.07) is 12.3. The quantitative estimate of drug-likeness (QED) is 0.190. The summed E-state index contributed by atoms with van der Waals surface area (Å²) in [5.41, 5.74) is 1.38. The van der Waals surface area contributed by atoms with Gasteiger partial charge in [0.15, 0.2) is 17.5 Å². The van der Waals surface area contributed by atoms with E-state index in [-0.39, 0.29) is 29.9 Å². The van der Waals surface area contributed by atoms with Crippen LogP contribution in [0.5, 0.6) is 11.5 Å². The first-order valence-corrected chi connectivity index (χ1v) is 9.85. The molecular weight excluding hydrogens is 519 g/mol. The standard InChI is InChI=1S/C21H27ClN4O3.HI/c1-4-23-21(26-17-10-11-18(28-3)19(14-17)29-5-2)25-13-12-24-20(27)15-6-8-16(22)9-7-15;/h6-11,14H,4-5,12-13H2,1-3H3,(H,24,27)(H2,23,25,26);1H. The summed E-state index contributed by atoms with van der Waals surface area (Å²) in [4.78, 5) is 16.6. The van der Waals surface area contributed by atoms with E-state index in [2.05, 4.69) is 20.9 Å². The number of amides is 1. The first-order chi connectivity index (χ1) is 14.1. The fourth-order valence-corrected chi connectivity index (χ4v) is 2.63. The van der Waals surface area contributed by atoms with Gasteiger partial charge in [0, 0.05) is 35.4 Å². The summed E-state index contributed by atoms with van der Waals surface area (Å²) < 4.78 is 10.9. The third-order valence-corrected chi connectivity index (χ3v) is 4.10. The fourth-order valence-electron chi connectivity index (χ4n) is 2.51. The minimum Gasteiger partial charge on any atom is -0.493 e. The Balaban J connectivity index is 0.00000450.